The van der Waals surface area contributed by atoms with E-state index in [1.54, 1.807) is 14.2 Å². The van der Waals surface area contributed by atoms with Crippen molar-refractivity contribution in [2.75, 3.05) is 65.4 Å². The number of benzene rings is 2. The number of methoxy groups -OCH3 is 2. The van der Waals surface area contributed by atoms with Crippen LogP contribution in [0, 0.1) is 0 Å². The number of quaternary nitrogens is 1. The minimum atomic E-state index is -0.0717. The van der Waals surface area contributed by atoms with Crippen LogP contribution in [0.25, 0.3) is 0 Å². The Morgan fingerprint density at radius 2 is 1.82 bits per heavy atom. The first-order valence-electron chi connectivity index (χ1n) is 12.4. The van der Waals surface area contributed by atoms with Gasteiger partial charge < -0.3 is 29.5 Å². The SMILES string of the molecule is CC[N+]1(C)CCN(c2cccc3c2CN([C@H](CCCN)c2ccc(OC)c(OC)c2)C3=O)CC1. The van der Waals surface area contributed by atoms with Gasteiger partial charge in [-0.3, -0.25) is 4.79 Å². The Hall–Kier alpha value is -2.77. The molecule has 2 aliphatic heterocycles. The van der Waals surface area contributed by atoms with E-state index in [4.69, 9.17) is 15.2 Å². The second kappa shape index (κ2) is 10.2. The Balaban J connectivity index is 1.63. The summed E-state index contributed by atoms with van der Waals surface area (Å²) in [4.78, 5) is 18.1. The summed E-state index contributed by atoms with van der Waals surface area (Å²) in [6, 6.07) is 12.1. The van der Waals surface area contributed by atoms with E-state index in [1.165, 1.54) is 5.69 Å². The van der Waals surface area contributed by atoms with Gasteiger partial charge in [-0.25, -0.2) is 0 Å². The van der Waals surface area contributed by atoms with Crippen molar-refractivity contribution in [1.29, 1.82) is 0 Å². The van der Waals surface area contributed by atoms with Gasteiger partial charge in [-0.2, -0.15) is 0 Å². The Morgan fingerprint density at radius 1 is 1.09 bits per heavy atom. The van der Waals surface area contributed by atoms with E-state index >= 15 is 0 Å². The minimum Gasteiger partial charge on any atom is -0.493 e. The van der Waals surface area contributed by atoms with Crippen molar-refractivity contribution in [3.8, 4) is 11.5 Å². The number of rotatable bonds is 9. The normalized spacial score (nSPS) is 18.1. The van der Waals surface area contributed by atoms with Crippen molar-refractivity contribution in [1.82, 2.24) is 4.90 Å². The van der Waals surface area contributed by atoms with Crippen LogP contribution in [0.2, 0.25) is 0 Å². The molecule has 0 aromatic heterocycles. The number of nitrogens with zero attached hydrogens (tertiary/aromatic N) is 3. The van der Waals surface area contributed by atoms with E-state index in [2.05, 4.69) is 24.9 Å². The summed E-state index contributed by atoms with van der Waals surface area (Å²) < 4.78 is 12.1. The zero-order chi connectivity index (χ0) is 24.3. The molecule has 1 saturated heterocycles. The number of piperazine rings is 1. The number of likely N-dealkylation sites (N-methyl/N-ethyl adjacent to an activating group) is 1. The molecule has 1 atom stereocenters. The number of nitrogens with two attached hydrogens (primary N) is 1. The quantitative estimate of drug-likeness (QED) is 0.573. The third-order valence-corrected chi connectivity index (χ3v) is 7.74. The largest absolute Gasteiger partial charge is 0.493 e. The number of carbonyl (C=O) groups excluding carboxylic acids is 1. The van der Waals surface area contributed by atoms with Crippen molar-refractivity contribution in [3.63, 3.8) is 0 Å². The summed E-state index contributed by atoms with van der Waals surface area (Å²) in [5.41, 5.74) is 10.1. The summed E-state index contributed by atoms with van der Waals surface area (Å²) in [7, 11) is 5.61. The van der Waals surface area contributed by atoms with Gasteiger partial charge in [-0.05, 0) is 56.1 Å². The van der Waals surface area contributed by atoms with E-state index in [1.807, 2.05) is 35.2 Å². The van der Waals surface area contributed by atoms with E-state index < -0.39 is 0 Å². The Labute approximate surface area is 203 Å². The first kappa shape index (κ1) is 24.4. The molecular formula is C27H39N4O3+. The topological polar surface area (TPSA) is 68.0 Å². The van der Waals surface area contributed by atoms with Crippen molar-refractivity contribution in [3.05, 3.63) is 53.1 Å². The zero-order valence-corrected chi connectivity index (χ0v) is 21.0. The molecule has 2 N–H and O–H groups in total. The molecule has 0 saturated carbocycles. The standard InChI is InChI=1S/C27H39N4O3/c1-5-31(2)16-14-29(15-17-31)24-9-6-8-21-22(24)19-30(27(21)32)23(10-7-13-28)20-11-12-25(33-3)26(18-20)34-4/h6,8-9,11-12,18,23H,5,7,10,13-17,19,28H2,1-4H3/q+1/t23-/m1/s1. The van der Waals surface area contributed by atoms with Crippen LogP contribution in [-0.4, -0.2) is 75.8 Å². The lowest BCUT2D eigenvalue weighted by atomic mass is 9.99. The van der Waals surface area contributed by atoms with Crippen LogP contribution in [0.3, 0.4) is 0 Å². The predicted molar refractivity (Wildman–Crippen MR) is 136 cm³/mol. The van der Waals surface area contributed by atoms with Crippen LogP contribution in [-0.2, 0) is 6.54 Å². The number of hydrogen-bond donors (Lipinski definition) is 1. The lowest BCUT2D eigenvalue weighted by Crippen LogP contribution is -2.57. The molecule has 0 aliphatic carbocycles. The maximum absolute atomic E-state index is 13.7. The average molecular weight is 468 g/mol. The maximum Gasteiger partial charge on any atom is 0.255 e. The molecule has 184 valence electrons. The molecule has 0 radical (unpaired) electrons. The van der Waals surface area contributed by atoms with Gasteiger partial charge in [0.05, 0.1) is 60.0 Å². The van der Waals surface area contributed by atoms with Crippen LogP contribution in [0.5, 0.6) is 11.5 Å². The molecule has 1 fully saturated rings. The van der Waals surface area contributed by atoms with Crippen LogP contribution in [0.15, 0.2) is 36.4 Å². The summed E-state index contributed by atoms with van der Waals surface area (Å²) in [6.07, 6.45) is 1.64. The van der Waals surface area contributed by atoms with Crippen LogP contribution >= 0.6 is 0 Å². The number of ether oxygens (including phenoxy) is 2. The fourth-order valence-electron chi connectivity index (χ4n) is 5.26. The number of hydrogen-bond acceptors (Lipinski definition) is 5. The average Bonchev–Trinajstić information content (AvgIpc) is 3.21. The van der Waals surface area contributed by atoms with Crippen molar-refractivity contribution in [2.24, 2.45) is 5.73 Å². The van der Waals surface area contributed by atoms with Gasteiger partial charge in [0.1, 0.15) is 0 Å². The lowest BCUT2D eigenvalue weighted by molar-refractivity contribution is -0.908. The van der Waals surface area contributed by atoms with Crippen LogP contribution in [0.4, 0.5) is 5.69 Å². The monoisotopic (exact) mass is 467 g/mol. The van der Waals surface area contributed by atoms with Gasteiger partial charge >= 0.3 is 0 Å². The maximum atomic E-state index is 13.7. The van der Waals surface area contributed by atoms with E-state index in [0.717, 1.165) is 66.7 Å². The van der Waals surface area contributed by atoms with Crippen LogP contribution < -0.4 is 20.1 Å². The second-order valence-electron chi connectivity index (χ2n) is 9.67. The first-order valence-corrected chi connectivity index (χ1v) is 12.4. The van der Waals surface area contributed by atoms with Gasteiger partial charge in [0.15, 0.2) is 11.5 Å². The van der Waals surface area contributed by atoms with Gasteiger partial charge in [0.2, 0.25) is 0 Å². The molecule has 2 aromatic rings. The lowest BCUT2D eigenvalue weighted by Gasteiger charge is -2.42. The number of fused-ring (bicyclic) bond motifs is 1. The Morgan fingerprint density at radius 3 is 2.47 bits per heavy atom. The molecule has 34 heavy (non-hydrogen) atoms. The molecular weight excluding hydrogens is 428 g/mol. The highest BCUT2D eigenvalue weighted by molar-refractivity contribution is 6.00. The van der Waals surface area contributed by atoms with E-state index in [9.17, 15) is 4.79 Å². The highest BCUT2D eigenvalue weighted by atomic mass is 16.5. The molecule has 2 heterocycles. The molecule has 0 unspecified atom stereocenters. The summed E-state index contributed by atoms with van der Waals surface area (Å²) in [6.45, 7) is 8.91. The molecule has 2 aliphatic rings. The highest BCUT2D eigenvalue weighted by Crippen LogP contribution is 2.40. The third-order valence-electron chi connectivity index (χ3n) is 7.74. The molecule has 7 nitrogen and oxygen atoms in total. The smallest absolute Gasteiger partial charge is 0.255 e. The number of amides is 1. The Bertz CT molecular complexity index is 1020. The van der Waals surface area contributed by atoms with Crippen molar-refractivity contribution in [2.45, 2.75) is 32.4 Å². The number of anilines is 1. The fourth-order valence-corrected chi connectivity index (χ4v) is 5.26. The summed E-state index contributed by atoms with van der Waals surface area (Å²) in [5, 5.41) is 0. The predicted octanol–water partition coefficient (Wildman–Crippen LogP) is 3.43. The summed E-state index contributed by atoms with van der Waals surface area (Å²) >= 11 is 0. The van der Waals surface area contributed by atoms with E-state index in [0.29, 0.717) is 24.6 Å². The van der Waals surface area contributed by atoms with Crippen molar-refractivity contribution < 1.29 is 18.8 Å². The minimum absolute atomic E-state index is 0.0717. The van der Waals surface area contributed by atoms with Crippen LogP contribution in [0.1, 0.15) is 47.3 Å². The van der Waals surface area contributed by atoms with Gasteiger partial charge in [-0.1, -0.05) is 12.1 Å². The Kier molecular flexibility index (Phi) is 7.33. The molecule has 2 aromatic carbocycles. The van der Waals surface area contributed by atoms with Gasteiger partial charge in [-0.15, -0.1) is 0 Å². The zero-order valence-electron chi connectivity index (χ0n) is 21.0. The molecule has 0 spiro atoms. The van der Waals surface area contributed by atoms with E-state index in [-0.39, 0.29) is 11.9 Å². The molecule has 7 heteroatoms. The molecule has 0 bridgehead atoms. The number of carbonyl (C=O) groups is 1. The molecule has 4 rings (SSSR count). The summed E-state index contributed by atoms with van der Waals surface area (Å²) in [5.74, 6) is 1.46. The highest BCUT2D eigenvalue weighted by Gasteiger charge is 2.37. The van der Waals surface area contributed by atoms with Gasteiger partial charge in [0.25, 0.3) is 5.91 Å². The first-order chi connectivity index (χ1) is 16.4. The second-order valence-corrected chi connectivity index (χ2v) is 9.67. The fraction of sp³-hybridized carbons (Fsp3) is 0.519. The third kappa shape index (κ3) is 4.59. The van der Waals surface area contributed by atoms with Crippen molar-refractivity contribution >= 4 is 11.6 Å². The van der Waals surface area contributed by atoms with Gasteiger partial charge in [0, 0.05) is 23.4 Å². The molecule has 1 amide bonds.